The Morgan fingerprint density at radius 3 is 2.77 bits per heavy atom. The highest BCUT2D eigenvalue weighted by atomic mass is 16.1. The van der Waals surface area contributed by atoms with Crippen molar-refractivity contribution in [3.8, 4) is 0 Å². The molecule has 2 bridgehead atoms. The molecule has 22 heavy (non-hydrogen) atoms. The highest BCUT2D eigenvalue weighted by molar-refractivity contribution is 5.90. The summed E-state index contributed by atoms with van der Waals surface area (Å²) in [6, 6.07) is 2.43. The number of hydrogen-bond acceptors (Lipinski definition) is 2. The highest BCUT2D eigenvalue weighted by Gasteiger charge is 2.40. The van der Waals surface area contributed by atoms with E-state index >= 15 is 0 Å². The van der Waals surface area contributed by atoms with Crippen LogP contribution in [0.25, 0.3) is 0 Å². The number of hydrogen-bond donors (Lipinski definition) is 1. The van der Waals surface area contributed by atoms with Gasteiger partial charge in [0.15, 0.2) is 0 Å². The molecule has 1 heterocycles. The average Bonchev–Trinajstić information content (AvgIpc) is 3.24. The third-order valence-corrected chi connectivity index (χ3v) is 6.19. The minimum absolute atomic E-state index is 0.190. The van der Waals surface area contributed by atoms with Crippen LogP contribution in [-0.4, -0.2) is 15.7 Å². The molecule has 3 unspecified atom stereocenters. The van der Waals surface area contributed by atoms with Crippen molar-refractivity contribution in [3.05, 3.63) is 12.3 Å². The van der Waals surface area contributed by atoms with E-state index in [1.807, 2.05) is 12.3 Å². The molecule has 0 spiro atoms. The van der Waals surface area contributed by atoms with E-state index in [9.17, 15) is 4.79 Å². The van der Waals surface area contributed by atoms with Gasteiger partial charge in [-0.3, -0.25) is 4.79 Å². The first-order valence-electron chi connectivity index (χ1n) is 9.13. The van der Waals surface area contributed by atoms with Gasteiger partial charge in [-0.15, -0.1) is 0 Å². The van der Waals surface area contributed by atoms with E-state index in [1.54, 1.807) is 0 Å². The van der Waals surface area contributed by atoms with Crippen molar-refractivity contribution in [2.75, 3.05) is 5.32 Å². The Labute approximate surface area is 132 Å². The normalized spacial score (nSPS) is 31.5. The molecule has 0 radical (unpaired) electrons. The molecule has 120 valence electrons. The van der Waals surface area contributed by atoms with Crippen LogP contribution in [0.1, 0.15) is 70.3 Å². The number of aromatic nitrogens is 2. The maximum Gasteiger partial charge on any atom is 0.225 e. The Bertz CT molecular complexity index is 532. The van der Waals surface area contributed by atoms with Crippen LogP contribution in [0.3, 0.4) is 0 Å². The molecule has 0 saturated heterocycles. The summed E-state index contributed by atoms with van der Waals surface area (Å²) in [5, 5.41) is 7.60. The average molecular weight is 301 g/mol. The van der Waals surface area contributed by atoms with E-state index in [2.05, 4.69) is 15.1 Å². The van der Waals surface area contributed by atoms with Crippen molar-refractivity contribution < 1.29 is 4.79 Å². The number of fused-ring (bicyclic) bond motifs is 2. The van der Waals surface area contributed by atoms with Gasteiger partial charge in [-0.1, -0.05) is 25.7 Å². The number of nitrogens with zero attached hydrogens (tertiary/aromatic N) is 2. The van der Waals surface area contributed by atoms with Crippen LogP contribution in [0.4, 0.5) is 5.82 Å². The Morgan fingerprint density at radius 2 is 2.05 bits per heavy atom. The monoisotopic (exact) mass is 301 g/mol. The predicted octanol–water partition coefficient (Wildman–Crippen LogP) is 4.15. The van der Waals surface area contributed by atoms with Gasteiger partial charge in [0.25, 0.3) is 0 Å². The van der Waals surface area contributed by atoms with E-state index < -0.39 is 0 Å². The smallest absolute Gasteiger partial charge is 0.225 e. The van der Waals surface area contributed by atoms with Crippen LogP contribution >= 0.6 is 0 Å². The second-order valence-electron chi connectivity index (χ2n) is 7.64. The van der Waals surface area contributed by atoms with Crippen LogP contribution in [0, 0.1) is 17.8 Å². The lowest BCUT2D eigenvalue weighted by molar-refractivity contribution is -0.117. The van der Waals surface area contributed by atoms with Gasteiger partial charge in [-0.25, -0.2) is 4.68 Å². The fourth-order valence-corrected chi connectivity index (χ4v) is 5.09. The summed E-state index contributed by atoms with van der Waals surface area (Å²) in [6.07, 6.45) is 14.2. The first-order valence-corrected chi connectivity index (χ1v) is 9.13. The lowest BCUT2D eigenvalue weighted by Gasteiger charge is -2.24. The standard InChI is InChI=1S/C18H27N3O/c22-18(12-15-11-13-6-7-14(15)10-13)20-17-8-9-19-21(17)16-4-2-1-3-5-16/h8-9,13-16H,1-7,10-12H2,(H,20,22). The molecular weight excluding hydrogens is 274 g/mol. The van der Waals surface area contributed by atoms with Crippen molar-refractivity contribution in [2.24, 2.45) is 17.8 Å². The van der Waals surface area contributed by atoms with E-state index in [4.69, 9.17) is 0 Å². The van der Waals surface area contributed by atoms with Crippen LogP contribution in [0.15, 0.2) is 12.3 Å². The van der Waals surface area contributed by atoms with Gasteiger partial charge in [0, 0.05) is 12.5 Å². The summed E-state index contributed by atoms with van der Waals surface area (Å²) < 4.78 is 2.05. The Balaban J connectivity index is 1.36. The van der Waals surface area contributed by atoms with Gasteiger partial charge in [0.05, 0.1) is 12.2 Å². The van der Waals surface area contributed by atoms with E-state index in [-0.39, 0.29) is 5.91 Å². The zero-order valence-corrected chi connectivity index (χ0v) is 13.3. The molecule has 4 nitrogen and oxygen atoms in total. The summed E-state index contributed by atoms with van der Waals surface area (Å²) >= 11 is 0. The second-order valence-corrected chi connectivity index (χ2v) is 7.64. The number of carbonyl (C=O) groups is 1. The Morgan fingerprint density at radius 1 is 1.18 bits per heavy atom. The molecule has 3 aliphatic carbocycles. The molecule has 1 N–H and O–H groups in total. The maximum absolute atomic E-state index is 12.4. The zero-order valence-electron chi connectivity index (χ0n) is 13.3. The molecule has 3 fully saturated rings. The van der Waals surface area contributed by atoms with Crippen LogP contribution < -0.4 is 5.32 Å². The Kier molecular flexibility index (Phi) is 3.93. The third-order valence-electron chi connectivity index (χ3n) is 6.19. The molecule has 3 atom stereocenters. The summed E-state index contributed by atoms with van der Waals surface area (Å²) in [6.45, 7) is 0. The molecular formula is C18H27N3O. The molecule has 1 amide bonds. The molecule has 0 aromatic carbocycles. The van der Waals surface area contributed by atoms with Gasteiger partial charge in [-0.2, -0.15) is 5.10 Å². The number of amides is 1. The largest absolute Gasteiger partial charge is 0.311 e. The first-order chi connectivity index (χ1) is 10.8. The fraction of sp³-hybridized carbons (Fsp3) is 0.778. The Hall–Kier alpha value is -1.32. The van der Waals surface area contributed by atoms with Crippen molar-refractivity contribution >= 4 is 11.7 Å². The highest BCUT2D eigenvalue weighted by Crippen LogP contribution is 2.49. The molecule has 3 aliphatic rings. The number of anilines is 1. The van der Waals surface area contributed by atoms with E-state index in [1.165, 1.54) is 57.8 Å². The van der Waals surface area contributed by atoms with Crippen molar-refractivity contribution in [2.45, 2.75) is 70.3 Å². The summed E-state index contributed by atoms with van der Waals surface area (Å²) in [4.78, 5) is 12.4. The van der Waals surface area contributed by atoms with Gasteiger partial charge in [0.1, 0.15) is 5.82 Å². The van der Waals surface area contributed by atoms with E-state index in [0.717, 1.165) is 17.7 Å². The quantitative estimate of drug-likeness (QED) is 0.908. The summed E-state index contributed by atoms with van der Waals surface area (Å²) in [5.74, 6) is 3.45. The van der Waals surface area contributed by atoms with Crippen molar-refractivity contribution in [3.63, 3.8) is 0 Å². The molecule has 0 aliphatic heterocycles. The number of rotatable bonds is 4. The third kappa shape index (κ3) is 2.80. The lowest BCUT2D eigenvalue weighted by Crippen LogP contribution is -2.23. The molecule has 4 rings (SSSR count). The zero-order chi connectivity index (χ0) is 14.9. The van der Waals surface area contributed by atoms with E-state index in [0.29, 0.717) is 18.4 Å². The SMILES string of the molecule is O=C(CC1CC2CCC1C2)Nc1ccnn1C1CCCCC1. The van der Waals surface area contributed by atoms with Gasteiger partial charge in [-0.05, 0) is 49.9 Å². The first kappa shape index (κ1) is 14.3. The summed E-state index contributed by atoms with van der Waals surface area (Å²) in [7, 11) is 0. The second kappa shape index (κ2) is 6.05. The minimum atomic E-state index is 0.190. The van der Waals surface area contributed by atoms with Crippen LogP contribution in [-0.2, 0) is 4.79 Å². The lowest BCUT2D eigenvalue weighted by atomic mass is 9.86. The number of carbonyl (C=O) groups excluding carboxylic acids is 1. The molecule has 1 aromatic rings. The minimum Gasteiger partial charge on any atom is -0.311 e. The van der Waals surface area contributed by atoms with Gasteiger partial charge < -0.3 is 5.32 Å². The van der Waals surface area contributed by atoms with Crippen LogP contribution in [0.5, 0.6) is 0 Å². The molecule has 4 heteroatoms. The van der Waals surface area contributed by atoms with Gasteiger partial charge >= 0.3 is 0 Å². The molecule has 1 aromatic heterocycles. The van der Waals surface area contributed by atoms with Crippen molar-refractivity contribution in [1.82, 2.24) is 9.78 Å². The molecule has 3 saturated carbocycles. The van der Waals surface area contributed by atoms with Crippen molar-refractivity contribution in [1.29, 1.82) is 0 Å². The van der Waals surface area contributed by atoms with Gasteiger partial charge in [0.2, 0.25) is 5.91 Å². The predicted molar refractivity (Wildman–Crippen MR) is 86.5 cm³/mol. The maximum atomic E-state index is 12.4. The number of nitrogens with one attached hydrogen (secondary N) is 1. The van der Waals surface area contributed by atoms with Crippen LogP contribution in [0.2, 0.25) is 0 Å². The topological polar surface area (TPSA) is 46.9 Å². The fourth-order valence-electron chi connectivity index (χ4n) is 5.09. The summed E-state index contributed by atoms with van der Waals surface area (Å²) in [5.41, 5.74) is 0.